The Morgan fingerprint density at radius 2 is 2.25 bits per heavy atom. The predicted molar refractivity (Wildman–Crippen MR) is 56.3 cm³/mol. The average molecular weight is 235 g/mol. The second-order valence-corrected chi connectivity index (χ2v) is 4.51. The second kappa shape index (κ2) is 5.08. The van der Waals surface area contributed by atoms with Crippen LogP contribution >= 0.6 is 0 Å². The molecule has 0 aliphatic carbocycles. The molecule has 2 atom stereocenters. The molecular weight excluding hydrogens is 216 g/mol. The third-order valence-electron chi connectivity index (χ3n) is 3.53. The van der Waals surface area contributed by atoms with Gasteiger partial charge in [0, 0.05) is 12.5 Å². The lowest BCUT2D eigenvalue weighted by Gasteiger charge is -2.43. The number of alkyl halides is 2. The minimum absolute atomic E-state index is 0.344. The summed E-state index contributed by atoms with van der Waals surface area (Å²) in [5.41, 5.74) is -1.09. The number of halogens is 2. The molecule has 1 unspecified atom stereocenters. The van der Waals surface area contributed by atoms with Crippen LogP contribution in [0.1, 0.15) is 20.3 Å². The number of hydrogen-bond donors (Lipinski definition) is 0. The highest BCUT2D eigenvalue weighted by atomic mass is 19.3. The molecule has 0 aromatic heterocycles. The van der Waals surface area contributed by atoms with Crippen molar-refractivity contribution in [3.63, 3.8) is 0 Å². The normalized spacial score (nSPS) is 31.8. The number of likely N-dealkylation sites (tertiary alicyclic amines) is 1. The number of ether oxygens (including phenoxy) is 1. The lowest BCUT2D eigenvalue weighted by atomic mass is 9.72. The van der Waals surface area contributed by atoms with E-state index in [-0.39, 0.29) is 0 Å². The molecule has 1 aliphatic heterocycles. The third kappa shape index (κ3) is 2.34. The van der Waals surface area contributed by atoms with Gasteiger partial charge in [-0.05, 0) is 26.4 Å². The van der Waals surface area contributed by atoms with Gasteiger partial charge in [-0.2, -0.15) is 0 Å². The average Bonchev–Trinajstić information content (AvgIpc) is 2.27. The molecule has 0 aromatic carbocycles. The Morgan fingerprint density at radius 3 is 2.69 bits per heavy atom. The van der Waals surface area contributed by atoms with Crippen LogP contribution in [0.25, 0.3) is 0 Å². The van der Waals surface area contributed by atoms with Gasteiger partial charge >= 0.3 is 5.97 Å². The van der Waals surface area contributed by atoms with E-state index in [2.05, 4.69) is 4.74 Å². The van der Waals surface area contributed by atoms with Crippen molar-refractivity contribution in [2.45, 2.75) is 26.7 Å². The van der Waals surface area contributed by atoms with Crippen LogP contribution in [0, 0.1) is 11.3 Å². The number of rotatable bonds is 3. The van der Waals surface area contributed by atoms with Gasteiger partial charge in [0.1, 0.15) is 0 Å². The van der Waals surface area contributed by atoms with Gasteiger partial charge in [0.15, 0.2) is 0 Å². The monoisotopic (exact) mass is 235 g/mol. The highest BCUT2D eigenvalue weighted by Crippen LogP contribution is 2.40. The van der Waals surface area contributed by atoms with E-state index in [1.54, 1.807) is 6.92 Å². The summed E-state index contributed by atoms with van der Waals surface area (Å²) < 4.78 is 30.5. The topological polar surface area (TPSA) is 29.5 Å². The van der Waals surface area contributed by atoms with Crippen LogP contribution in [-0.4, -0.2) is 44.0 Å². The summed E-state index contributed by atoms with van der Waals surface area (Å²) in [4.78, 5) is 13.7. The standard InChI is InChI=1S/C11H19F2NO2/c1-4-14-6-5-8(9(12)13)11(2,7-14)10(15)16-3/h8-9H,4-7H2,1-3H3/t8?,11-/m1/s1. The maximum atomic E-state index is 12.9. The molecule has 5 heteroatoms. The highest BCUT2D eigenvalue weighted by Gasteiger charge is 2.50. The Kier molecular flexibility index (Phi) is 4.24. The van der Waals surface area contributed by atoms with E-state index in [0.717, 1.165) is 6.54 Å². The third-order valence-corrected chi connectivity index (χ3v) is 3.53. The predicted octanol–water partition coefficient (Wildman–Crippen LogP) is 1.77. The lowest BCUT2D eigenvalue weighted by Crippen LogP contribution is -2.53. The molecule has 94 valence electrons. The van der Waals surface area contributed by atoms with E-state index in [1.165, 1.54) is 7.11 Å². The van der Waals surface area contributed by atoms with E-state index < -0.39 is 23.7 Å². The number of esters is 1. The number of carbonyl (C=O) groups excluding carboxylic acids is 1. The fourth-order valence-electron chi connectivity index (χ4n) is 2.42. The fourth-order valence-corrected chi connectivity index (χ4v) is 2.42. The summed E-state index contributed by atoms with van der Waals surface area (Å²) in [7, 11) is 1.25. The van der Waals surface area contributed by atoms with E-state index in [4.69, 9.17) is 0 Å². The molecule has 1 aliphatic rings. The van der Waals surface area contributed by atoms with Crippen molar-refractivity contribution >= 4 is 5.97 Å². The smallest absolute Gasteiger partial charge is 0.313 e. The number of hydrogen-bond acceptors (Lipinski definition) is 3. The molecule has 0 aromatic rings. The van der Waals surface area contributed by atoms with E-state index in [0.29, 0.717) is 19.5 Å². The van der Waals surface area contributed by atoms with E-state index >= 15 is 0 Å². The zero-order valence-electron chi connectivity index (χ0n) is 10.0. The van der Waals surface area contributed by atoms with Crippen molar-refractivity contribution in [3.05, 3.63) is 0 Å². The van der Waals surface area contributed by atoms with Crippen LogP contribution in [0.2, 0.25) is 0 Å². The maximum Gasteiger partial charge on any atom is 0.313 e. The number of piperidine rings is 1. The summed E-state index contributed by atoms with van der Waals surface area (Å²) in [5, 5.41) is 0. The minimum atomic E-state index is -2.47. The van der Waals surface area contributed by atoms with Crippen molar-refractivity contribution in [1.82, 2.24) is 4.90 Å². The van der Waals surface area contributed by atoms with Crippen LogP contribution in [0.15, 0.2) is 0 Å². The maximum absolute atomic E-state index is 12.9. The number of carbonyl (C=O) groups is 1. The first-order valence-corrected chi connectivity index (χ1v) is 5.54. The summed E-state index contributed by atoms with van der Waals surface area (Å²) in [5.74, 6) is -1.43. The molecule has 0 spiro atoms. The molecule has 0 saturated carbocycles. The molecule has 1 heterocycles. The van der Waals surface area contributed by atoms with Crippen LogP contribution in [-0.2, 0) is 9.53 Å². The first kappa shape index (κ1) is 13.4. The highest BCUT2D eigenvalue weighted by molar-refractivity contribution is 5.77. The summed E-state index contributed by atoms with van der Waals surface area (Å²) in [6.07, 6.45) is -2.12. The van der Waals surface area contributed by atoms with Crippen LogP contribution < -0.4 is 0 Å². The Bertz CT molecular complexity index is 260. The Hall–Kier alpha value is -0.710. The fraction of sp³-hybridized carbons (Fsp3) is 0.909. The van der Waals surface area contributed by atoms with Gasteiger partial charge in [0.25, 0.3) is 0 Å². The Morgan fingerprint density at radius 1 is 1.62 bits per heavy atom. The quantitative estimate of drug-likeness (QED) is 0.698. The van der Waals surface area contributed by atoms with Crippen molar-refractivity contribution in [3.8, 4) is 0 Å². The Balaban J connectivity index is 2.90. The zero-order valence-corrected chi connectivity index (χ0v) is 10.0. The van der Waals surface area contributed by atoms with Crippen molar-refractivity contribution in [2.24, 2.45) is 11.3 Å². The summed E-state index contributed by atoms with van der Waals surface area (Å²) in [6, 6.07) is 0. The molecule has 1 fully saturated rings. The molecule has 16 heavy (non-hydrogen) atoms. The van der Waals surface area contributed by atoms with Crippen molar-refractivity contribution in [1.29, 1.82) is 0 Å². The first-order chi connectivity index (χ1) is 7.45. The summed E-state index contributed by atoms with van der Waals surface area (Å²) >= 11 is 0. The Labute approximate surface area is 94.7 Å². The van der Waals surface area contributed by atoms with Gasteiger partial charge in [-0.25, -0.2) is 8.78 Å². The minimum Gasteiger partial charge on any atom is -0.469 e. The van der Waals surface area contributed by atoms with Crippen LogP contribution in [0.5, 0.6) is 0 Å². The van der Waals surface area contributed by atoms with Crippen molar-refractivity contribution in [2.75, 3.05) is 26.7 Å². The molecular formula is C11H19F2NO2. The van der Waals surface area contributed by atoms with Gasteiger partial charge in [0.05, 0.1) is 12.5 Å². The van der Waals surface area contributed by atoms with Gasteiger partial charge < -0.3 is 9.64 Å². The first-order valence-electron chi connectivity index (χ1n) is 5.54. The second-order valence-electron chi connectivity index (χ2n) is 4.51. The molecule has 3 nitrogen and oxygen atoms in total. The molecule has 1 rings (SSSR count). The number of methoxy groups -OCH3 is 1. The van der Waals surface area contributed by atoms with E-state index in [9.17, 15) is 13.6 Å². The summed E-state index contributed by atoms with van der Waals surface area (Å²) in [6.45, 7) is 5.28. The molecule has 1 saturated heterocycles. The SMILES string of the molecule is CCN1CCC(C(F)F)[C@](C)(C(=O)OC)C1. The van der Waals surface area contributed by atoms with Gasteiger partial charge in [-0.1, -0.05) is 6.92 Å². The lowest BCUT2D eigenvalue weighted by molar-refractivity contribution is -0.166. The van der Waals surface area contributed by atoms with E-state index in [1.807, 2.05) is 11.8 Å². The molecule has 0 amide bonds. The zero-order chi connectivity index (χ0) is 12.3. The van der Waals surface area contributed by atoms with Crippen molar-refractivity contribution < 1.29 is 18.3 Å². The van der Waals surface area contributed by atoms with Gasteiger partial charge in [0.2, 0.25) is 6.43 Å². The number of nitrogens with zero attached hydrogens (tertiary/aromatic N) is 1. The molecule has 0 radical (unpaired) electrons. The van der Waals surface area contributed by atoms with Crippen LogP contribution in [0.3, 0.4) is 0 Å². The molecule has 0 bridgehead atoms. The van der Waals surface area contributed by atoms with Gasteiger partial charge in [-0.3, -0.25) is 4.79 Å². The van der Waals surface area contributed by atoms with Gasteiger partial charge in [-0.15, -0.1) is 0 Å². The van der Waals surface area contributed by atoms with Crippen LogP contribution in [0.4, 0.5) is 8.78 Å². The molecule has 0 N–H and O–H groups in total. The largest absolute Gasteiger partial charge is 0.469 e.